The molecule has 0 aromatic carbocycles. The Morgan fingerprint density at radius 1 is 1.42 bits per heavy atom. The number of rotatable bonds is 1. The first-order chi connectivity index (χ1) is 8.80. The van der Waals surface area contributed by atoms with Crippen LogP contribution >= 0.6 is 0 Å². The van der Waals surface area contributed by atoms with E-state index in [0.29, 0.717) is 11.8 Å². The molecule has 1 saturated heterocycles. The Kier molecular flexibility index (Phi) is 5.24. The van der Waals surface area contributed by atoms with Gasteiger partial charge < -0.3 is 20.2 Å². The summed E-state index contributed by atoms with van der Waals surface area (Å²) in [4.78, 5) is 8.90. The quantitative estimate of drug-likeness (QED) is 0.678. The number of nitrogens with one attached hydrogen (secondary N) is 2. The molecule has 0 aliphatic carbocycles. The van der Waals surface area contributed by atoms with Crippen LogP contribution in [0, 0.1) is 6.92 Å². The zero-order valence-electron chi connectivity index (χ0n) is 9.99. The molecular weight excluding hydrogens is 269 g/mol. The van der Waals surface area contributed by atoms with Crippen molar-refractivity contribution >= 4 is 5.97 Å². The van der Waals surface area contributed by atoms with Crippen molar-refractivity contribution in [3.05, 3.63) is 11.8 Å². The monoisotopic (exact) mass is 282 g/mol. The molecule has 0 radical (unpaired) electrons. The van der Waals surface area contributed by atoms with Gasteiger partial charge in [0, 0.05) is 26.6 Å². The topological polar surface area (TPSA) is 100 Å². The number of piperazine rings is 1. The summed E-state index contributed by atoms with van der Waals surface area (Å²) in [6, 6.07) is 0.181. The lowest BCUT2D eigenvalue weighted by Crippen LogP contribution is -2.42. The summed E-state index contributed by atoms with van der Waals surface area (Å²) in [6.45, 7) is 4.62. The second-order valence-corrected chi connectivity index (χ2v) is 3.67. The Balaban J connectivity index is 0.000000224. The molecule has 0 saturated carbocycles. The Morgan fingerprint density at radius 3 is 2.42 bits per heavy atom. The summed E-state index contributed by atoms with van der Waals surface area (Å²) >= 11 is 0. The number of aromatic nitrogens is 2. The highest BCUT2D eigenvalue weighted by Crippen LogP contribution is 2.13. The first-order valence-corrected chi connectivity index (χ1v) is 5.35. The SMILES string of the molecule is Cc1nnc([C@H]2CNCCN2)o1.O=C(O)C(F)(F)F. The second-order valence-electron chi connectivity index (χ2n) is 3.67. The number of alkyl halides is 3. The molecule has 0 bridgehead atoms. The van der Waals surface area contributed by atoms with Gasteiger partial charge in [0.2, 0.25) is 11.8 Å². The predicted molar refractivity (Wildman–Crippen MR) is 56.3 cm³/mol. The molecule has 1 atom stereocenters. The maximum Gasteiger partial charge on any atom is 0.490 e. The molecule has 2 heterocycles. The summed E-state index contributed by atoms with van der Waals surface area (Å²) in [5, 5.41) is 21.4. The van der Waals surface area contributed by atoms with Crippen molar-refractivity contribution < 1.29 is 27.5 Å². The number of carboxylic acids is 1. The van der Waals surface area contributed by atoms with Gasteiger partial charge in [-0.3, -0.25) is 0 Å². The minimum absolute atomic E-state index is 0.181. The van der Waals surface area contributed by atoms with Crippen molar-refractivity contribution in [1.82, 2.24) is 20.8 Å². The number of hydrogen-bond acceptors (Lipinski definition) is 6. The zero-order valence-corrected chi connectivity index (χ0v) is 9.99. The van der Waals surface area contributed by atoms with Gasteiger partial charge in [-0.05, 0) is 0 Å². The summed E-state index contributed by atoms with van der Waals surface area (Å²) < 4.78 is 37.0. The van der Waals surface area contributed by atoms with Crippen LogP contribution in [-0.2, 0) is 4.79 Å². The minimum atomic E-state index is -5.08. The number of carbonyl (C=O) groups is 1. The van der Waals surface area contributed by atoms with Crippen LogP contribution in [0.4, 0.5) is 13.2 Å². The van der Waals surface area contributed by atoms with Gasteiger partial charge in [0.05, 0.1) is 6.04 Å². The van der Waals surface area contributed by atoms with E-state index in [4.69, 9.17) is 14.3 Å². The van der Waals surface area contributed by atoms with E-state index in [1.54, 1.807) is 6.92 Å². The molecule has 7 nitrogen and oxygen atoms in total. The van der Waals surface area contributed by atoms with E-state index in [2.05, 4.69) is 20.8 Å². The van der Waals surface area contributed by atoms with Crippen LogP contribution in [0.5, 0.6) is 0 Å². The average molecular weight is 282 g/mol. The lowest BCUT2D eigenvalue weighted by Gasteiger charge is -2.20. The first-order valence-electron chi connectivity index (χ1n) is 5.35. The molecule has 1 aromatic rings. The Labute approximate surface area is 106 Å². The third-order valence-electron chi connectivity index (χ3n) is 2.12. The molecule has 1 aromatic heterocycles. The molecule has 0 unspecified atom stereocenters. The lowest BCUT2D eigenvalue weighted by molar-refractivity contribution is -0.192. The molecule has 1 aliphatic rings. The Bertz CT molecular complexity index is 415. The fourth-order valence-corrected chi connectivity index (χ4v) is 1.28. The zero-order chi connectivity index (χ0) is 14.5. The smallest absolute Gasteiger partial charge is 0.475 e. The van der Waals surface area contributed by atoms with Gasteiger partial charge in [-0.25, -0.2) is 4.79 Å². The number of halogens is 3. The van der Waals surface area contributed by atoms with E-state index in [0.717, 1.165) is 19.6 Å². The van der Waals surface area contributed by atoms with Gasteiger partial charge in [-0.2, -0.15) is 13.2 Å². The number of aryl methyl sites for hydroxylation is 1. The van der Waals surface area contributed by atoms with Crippen LogP contribution < -0.4 is 10.6 Å². The maximum absolute atomic E-state index is 10.6. The van der Waals surface area contributed by atoms with Gasteiger partial charge >= 0.3 is 12.1 Å². The third-order valence-corrected chi connectivity index (χ3v) is 2.12. The van der Waals surface area contributed by atoms with Gasteiger partial charge in [0.1, 0.15) is 0 Å². The molecule has 19 heavy (non-hydrogen) atoms. The van der Waals surface area contributed by atoms with Crippen LogP contribution in [0.3, 0.4) is 0 Å². The molecular formula is C9H13F3N4O3. The van der Waals surface area contributed by atoms with Gasteiger partial charge in [0.15, 0.2) is 0 Å². The normalized spacial score (nSPS) is 19.5. The van der Waals surface area contributed by atoms with E-state index >= 15 is 0 Å². The second kappa shape index (κ2) is 6.48. The van der Waals surface area contributed by atoms with Crippen LogP contribution in [-0.4, -0.2) is 47.1 Å². The number of nitrogens with zero attached hydrogens (tertiary/aromatic N) is 2. The van der Waals surface area contributed by atoms with Crippen molar-refractivity contribution in [2.24, 2.45) is 0 Å². The molecule has 108 valence electrons. The molecule has 3 N–H and O–H groups in total. The predicted octanol–water partition coefficient (Wildman–Crippen LogP) is 0.245. The Morgan fingerprint density at radius 2 is 2.05 bits per heavy atom. The van der Waals surface area contributed by atoms with Gasteiger partial charge in [-0.1, -0.05) is 0 Å². The van der Waals surface area contributed by atoms with Gasteiger partial charge in [-0.15, -0.1) is 10.2 Å². The standard InChI is InChI=1S/C7H12N4O.C2HF3O2/c1-5-10-11-7(12-5)6-4-8-2-3-9-6;3-2(4,5)1(6)7/h6,8-9H,2-4H2,1H3;(H,6,7)/t6-;/m1./s1. The van der Waals surface area contributed by atoms with E-state index in [-0.39, 0.29) is 6.04 Å². The molecule has 1 fully saturated rings. The van der Waals surface area contributed by atoms with Crippen LogP contribution in [0.25, 0.3) is 0 Å². The number of hydrogen-bond donors (Lipinski definition) is 3. The van der Waals surface area contributed by atoms with Crippen LogP contribution in [0.2, 0.25) is 0 Å². The highest BCUT2D eigenvalue weighted by Gasteiger charge is 2.38. The summed E-state index contributed by atoms with van der Waals surface area (Å²) in [6.07, 6.45) is -5.08. The lowest BCUT2D eigenvalue weighted by atomic mass is 10.2. The highest BCUT2D eigenvalue weighted by molar-refractivity contribution is 5.73. The average Bonchev–Trinajstić information content (AvgIpc) is 2.77. The van der Waals surface area contributed by atoms with E-state index < -0.39 is 12.1 Å². The molecule has 2 rings (SSSR count). The third kappa shape index (κ3) is 5.22. The molecule has 10 heteroatoms. The Hall–Kier alpha value is -1.68. The number of aliphatic carboxylic acids is 1. The van der Waals surface area contributed by atoms with Crippen molar-refractivity contribution in [3.8, 4) is 0 Å². The highest BCUT2D eigenvalue weighted by atomic mass is 19.4. The van der Waals surface area contributed by atoms with E-state index in [9.17, 15) is 13.2 Å². The van der Waals surface area contributed by atoms with Crippen molar-refractivity contribution in [2.45, 2.75) is 19.1 Å². The summed E-state index contributed by atoms with van der Waals surface area (Å²) in [7, 11) is 0. The first kappa shape index (κ1) is 15.4. The van der Waals surface area contributed by atoms with Crippen molar-refractivity contribution in [3.63, 3.8) is 0 Å². The fraction of sp³-hybridized carbons (Fsp3) is 0.667. The van der Waals surface area contributed by atoms with E-state index in [1.165, 1.54) is 0 Å². The number of carboxylic acid groups (broad SMARTS) is 1. The summed E-state index contributed by atoms with van der Waals surface area (Å²) in [5.74, 6) is -1.45. The van der Waals surface area contributed by atoms with Crippen molar-refractivity contribution in [2.75, 3.05) is 19.6 Å². The summed E-state index contributed by atoms with van der Waals surface area (Å²) in [5.41, 5.74) is 0. The largest absolute Gasteiger partial charge is 0.490 e. The van der Waals surface area contributed by atoms with Crippen LogP contribution in [0.15, 0.2) is 4.42 Å². The maximum atomic E-state index is 10.6. The van der Waals surface area contributed by atoms with Crippen molar-refractivity contribution in [1.29, 1.82) is 0 Å². The van der Waals surface area contributed by atoms with E-state index in [1.807, 2.05) is 0 Å². The molecule has 0 spiro atoms. The molecule has 1 aliphatic heterocycles. The van der Waals surface area contributed by atoms with Crippen LogP contribution in [0.1, 0.15) is 17.8 Å². The minimum Gasteiger partial charge on any atom is -0.475 e. The van der Waals surface area contributed by atoms with Gasteiger partial charge in [0.25, 0.3) is 0 Å². The fourth-order valence-electron chi connectivity index (χ4n) is 1.28. The molecule has 0 amide bonds.